The summed E-state index contributed by atoms with van der Waals surface area (Å²) >= 11 is 5.87. The average Bonchev–Trinajstić information content (AvgIpc) is 3.05. The molecule has 0 unspecified atom stereocenters. The molecule has 2 aliphatic heterocycles. The first-order chi connectivity index (χ1) is 13.0. The summed E-state index contributed by atoms with van der Waals surface area (Å²) in [5.41, 5.74) is 2.02. The van der Waals surface area contributed by atoms with Gasteiger partial charge in [-0.25, -0.2) is 9.18 Å². The number of ether oxygens (including phenoxy) is 2. The minimum Gasteiger partial charge on any atom is -0.496 e. The number of anilines is 1. The molecule has 0 spiro atoms. The molecule has 0 aromatic heterocycles. The van der Waals surface area contributed by atoms with Gasteiger partial charge in [-0.05, 0) is 24.3 Å². The van der Waals surface area contributed by atoms with Gasteiger partial charge in [0.05, 0.1) is 29.1 Å². The van der Waals surface area contributed by atoms with Crippen molar-refractivity contribution in [1.29, 1.82) is 0 Å². The Bertz CT molecular complexity index is 988. The molecule has 0 fully saturated rings. The summed E-state index contributed by atoms with van der Waals surface area (Å²) in [7, 11) is 1.54. The molecule has 2 heterocycles. The van der Waals surface area contributed by atoms with Crippen molar-refractivity contribution in [2.45, 2.75) is 12.3 Å². The number of carbonyl (C=O) groups excluding carboxylic acids is 2. The highest BCUT2D eigenvalue weighted by Crippen LogP contribution is 2.44. The van der Waals surface area contributed by atoms with Crippen LogP contribution in [0.1, 0.15) is 17.9 Å². The number of benzene rings is 2. The first kappa shape index (κ1) is 17.5. The van der Waals surface area contributed by atoms with Gasteiger partial charge in [-0.1, -0.05) is 29.8 Å². The Morgan fingerprint density at radius 1 is 1.22 bits per heavy atom. The lowest BCUT2D eigenvalue weighted by molar-refractivity contribution is -0.136. The second-order valence-electron chi connectivity index (χ2n) is 6.26. The number of esters is 1. The van der Waals surface area contributed by atoms with Gasteiger partial charge in [0.25, 0.3) is 0 Å². The molecule has 2 aliphatic rings. The third kappa shape index (κ3) is 2.86. The maximum atomic E-state index is 13.5. The minimum absolute atomic E-state index is 0.0272. The number of methoxy groups -OCH3 is 1. The Morgan fingerprint density at radius 3 is 2.74 bits per heavy atom. The Hall–Kier alpha value is -2.86. The van der Waals surface area contributed by atoms with E-state index < -0.39 is 17.7 Å². The zero-order chi connectivity index (χ0) is 19.1. The van der Waals surface area contributed by atoms with Crippen LogP contribution < -0.4 is 9.64 Å². The van der Waals surface area contributed by atoms with Crippen molar-refractivity contribution in [3.05, 3.63) is 70.1 Å². The summed E-state index contributed by atoms with van der Waals surface area (Å²) in [6.45, 7) is -0.0272. The van der Waals surface area contributed by atoms with Gasteiger partial charge in [-0.2, -0.15) is 0 Å². The van der Waals surface area contributed by atoms with Crippen LogP contribution in [0.3, 0.4) is 0 Å². The lowest BCUT2D eigenvalue weighted by Gasteiger charge is -2.32. The predicted molar refractivity (Wildman–Crippen MR) is 97.2 cm³/mol. The summed E-state index contributed by atoms with van der Waals surface area (Å²) < 4.78 is 24.1. The third-order valence-electron chi connectivity index (χ3n) is 4.79. The number of para-hydroxylation sites is 1. The van der Waals surface area contributed by atoms with E-state index in [-0.39, 0.29) is 24.0 Å². The van der Waals surface area contributed by atoms with Crippen molar-refractivity contribution in [2.24, 2.45) is 0 Å². The summed E-state index contributed by atoms with van der Waals surface area (Å²) in [6.07, 6.45) is 0.0588. The van der Waals surface area contributed by atoms with Gasteiger partial charge in [0.15, 0.2) is 0 Å². The number of halogens is 2. The fraction of sp³-hybridized carbons (Fsp3) is 0.200. The van der Waals surface area contributed by atoms with Crippen LogP contribution in [-0.4, -0.2) is 25.6 Å². The van der Waals surface area contributed by atoms with E-state index in [1.54, 1.807) is 13.2 Å². The Kier molecular flexibility index (Phi) is 4.36. The van der Waals surface area contributed by atoms with Crippen molar-refractivity contribution >= 4 is 29.2 Å². The predicted octanol–water partition coefficient (Wildman–Crippen LogP) is 3.82. The molecule has 4 rings (SSSR count). The molecule has 1 amide bonds. The van der Waals surface area contributed by atoms with E-state index in [0.29, 0.717) is 22.7 Å². The summed E-state index contributed by atoms with van der Waals surface area (Å²) in [6, 6.07) is 11.3. The molecule has 5 nitrogen and oxygen atoms in total. The number of rotatable bonds is 3. The van der Waals surface area contributed by atoms with E-state index in [0.717, 1.165) is 5.56 Å². The summed E-state index contributed by atoms with van der Waals surface area (Å²) in [4.78, 5) is 26.8. The molecular formula is C20H15ClFNO4. The van der Waals surface area contributed by atoms with Crippen LogP contribution in [0.25, 0.3) is 0 Å². The van der Waals surface area contributed by atoms with Gasteiger partial charge >= 0.3 is 5.97 Å². The molecular weight excluding hydrogens is 373 g/mol. The second kappa shape index (κ2) is 6.70. The zero-order valence-corrected chi connectivity index (χ0v) is 15.1. The van der Waals surface area contributed by atoms with Crippen molar-refractivity contribution < 1.29 is 23.5 Å². The van der Waals surface area contributed by atoms with Crippen LogP contribution >= 0.6 is 11.6 Å². The number of cyclic esters (lactones) is 1. The maximum Gasteiger partial charge on any atom is 0.336 e. The van der Waals surface area contributed by atoms with Gasteiger partial charge in [0.1, 0.15) is 18.2 Å². The smallest absolute Gasteiger partial charge is 0.336 e. The number of amides is 1. The highest BCUT2D eigenvalue weighted by atomic mass is 35.5. The molecule has 2 aromatic rings. The molecule has 7 heteroatoms. The Balaban J connectivity index is 1.85. The van der Waals surface area contributed by atoms with Gasteiger partial charge < -0.3 is 9.47 Å². The molecule has 0 N–H and O–H groups in total. The highest BCUT2D eigenvalue weighted by Gasteiger charge is 2.43. The van der Waals surface area contributed by atoms with E-state index in [1.807, 2.05) is 18.2 Å². The molecule has 0 bridgehead atoms. The average molecular weight is 388 g/mol. The van der Waals surface area contributed by atoms with Gasteiger partial charge in [-0.3, -0.25) is 9.69 Å². The lowest BCUT2D eigenvalue weighted by Crippen LogP contribution is -2.37. The van der Waals surface area contributed by atoms with Gasteiger partial charge in [0.2, 0.25) is 5.91 Å². The Labute approximate surface area is 159 Å². The zero-order valence-electron chi connectivity index (χ0n) is 14.4. The van der Waals surface area contributed by atoms with Crippen LogP contribution in [0, 0.1) is 5.82 Å². The second-order valence-corrected chi connectivity index (χ2v) is 6.67. The fourth-order valence-electron chi connectivity index (χ4n) is 3.60. The van der Waals surface area contributed by atoms with E-state index in [9.17, 15) is 14.0 Å². The van der Waals surface area contributed by atoms with Crippen LogP contribution in [0.2, 0.25) is 5.02 Å². The molecule has 138 valence electrons. The van der Waals surface area contributed by atoms with Crippen LogP contribution in [0.4, 0.5) is 10.1 Å². The quantitative estimate of drug-likeness (QED) is 0.751. The number of nitrogens with zero attached hydrogens (tertiary/aromatic N) is 1. The largest absolute Gasteiger partial charge is 0.496 e. The van der Waals surface area contributed by atoms with Crippen molar-refractivity contribution in [1.82, 2.24) is 0 Å². The van der Waals surface area contributed by atoms with Crippen LogP contribution in [0.15, 0.2) is 53.7 Å². The van der Waals surface area contributed by atoms with E-state index in [2.05, 4.69) is 0 Å². The van der Waals surface area contributed by atoms with Crippen molar-refractivity contribution in [3.8, 4) is 5.75 Å². The van der Waals surface area contributed by atoms with Crippen molar-refractivity contribution in [3.63, 3.8) is 0 Å². The monoisotopic (exact) mass is 387 g/mol. The normalized spacial score (nSPS) is 19.2. The van der Waals surface area contributed by atoms with Gasteiger partial charge in [-0.15, -0.1) is 0 Å². The Morgan fingerprint density at radius 2 is 2.00 bits per heavy atom. The van der Waals surface area contributed by atoms with Crippen molar-refractivity contribution in [2.75, 3.05) is 18.6 Å². The number of hydrogen-bond donors (Lipinski definition) is 0. The standard InChI is InChI=1S/C20H15ClFNO4/c1-26-17-5-3-2-4-12(17)13-9-18(24)23(16-10-27-20(25)19(13)16)11-6-7-15(22)14(21)8-11/h2-8,13H,9-10H2,1H3/t13-/m1/s1. The molecule has 27 heavy (non-hydrogen) atoms. The van der Waals surface area contributed by atoms with E-state index >= 15 is 0 Å². The minimum atomic E-state index is -0.579. The third-order valence-corrected chi connectivity index (χ3v) is 5.08. The number of carbonyl (C=O) groups is 2. The van der Waals surface area contributed by atoms with E-state index in [4.69, 9.17) is 21.1 Å². The fourth-order valence-corrected chi connectivity index (χ4v) is 3.77. The highest BCUT2D eigenvalue weighted by molar-refractivity contribution is 6.31. The van der Waals surface area contributed by atoms with Gasteiger partial charge in [0, 0.05) is 17.9 Å². The van der Waals surface area contributed by atoms with E-state index in [1.165, 1.54) is 23.1 Å². The molecule has 0 saturated carbocycles. The topological polar surface area (TPSA) is 55.8 Å². The molecule has 2 aromatic carbocycles. The molecule has 1 atom stereocenters. The lowest BCUT2D eigenvalue weighted by atomic mass is 9.83. The SMILES string of the molecule is COc1ccccc1[C@H]1CC(=O)N(c2ccc(F)c(Cl)c2)C2=C1C(=O)OC2. The molecule has 0 aliphatic carbocycles. The summed E-state index contributed by atoms with van der Waals surface area (Å²) in [5.74, 6) is -1.15. The number of hydrogen-bond acceptors (Lipinski definition) is 4. The van der Waals surface area contributed by atoms with Crippen LogP contribution in [0.5, 0.6) is 5.75 Å². The summed E-state index contributed by atoms with van der Waals surface area (Å²) in [5, 5.41) is -0.0976. The first-order valence-electron chi connectivity index (χ1n) is 8.32. The first-order valence-corrected chi connectivity index (χ1v) is 8.70. The molecule has 0 saturated heterocycles. The molecule has 0 radical (unpaired) electrons. The van der Waals surface area contributed by atoms with Crippen LogP contribution in [-0.2, 0) is 14.3 Å². The maximum absolute atomic E-state index is 13.5.